The summed E-state index contributed by atoms with van der Waals surface area (Å²) in [6.07, 6.45) is 4.30. The zero-order valence-corrected chi connectivity index (χ0v) is 14.5. The summed E-state index contributed by atoms with van der Waals surface area (Å²) in [6, 6.07) is 11.8. The van der Waals surface area contributed by atoms with Crippen molar-refractivity contribution in [1.82, 2.24) is 4.57 Å². The topological polar surface area (TPSA) is 42.3 Å². The van der Waals surface area contributed by atoms with E-state index in [-0.39, 0.29) is 11.1 Å². The third-order valence-electron chi connectivity index (χ3n) is 4.53. The number of hydrogen-bond donors (Lipinski definition) is 0. The van der Waals surface area contributed by atoms with Crippen molar-refractivity contribution in [1.29, 1.82) is 0 Å². The number of aryl methyl sites for hydroxylation is 1. The predicted molar refractivity (Wildman–Crippen MR) is 97.1 cm³/mol. The fourth-order valence-corrected chi connectivity index (χ4v) is 4.08. The van der Waals surface area contributed by atoms with Gasteiger partial charge in [-0.3, -0.25) is 9.59 Å². The molecule has 0 unspecified atom stereocenters. The van der Waals surface area contributed by atoms with Crippen molar-refractivity contribution in [3.63, 3.8) is 0 Å². The van der Waals surface area contributed by atoms with Gasteiger partial charge in [0.15, 0.2) is 0 Å². The highest BCUT2D eigenvalue weighted by molar-refractivity contribution is 8.19. The SMILES string of the molecule is Cc1cc(/C=C2\SC(=O)N(c3ccccc3)C2=O)c(C)n1C1CC1. The standard InChI is InChI=1S/C19H18N2O2S/c1-12-10-14(13(2)20(12)16-8-9-16)11-17-18(22)21(19(23)24-17)15-6-4-3-5-7-15/h3-7,10-11,16H,8-9H2,1-2H3/b17-11-. The van der Waals surface area contributed by atoms with Crippen molar-refractivity contribution in [2.75, 3.05) is 4.90 Å². The molecule has 2 amide bonds. The minimum Gasteiger partial charge on any atom is -0.346 e. The van der Waals surface area contributed by atoms with Crippen LogP contribution in [0.5, 0.6) is 0 Å². The molecular weight excluding hydrogens is 320 g/mol. The quantitative estimate of drug-likeness (QED) is 0.763. The van der Waals surface area contributed by atoms with E-state index in [2.05, 4.69) is 24.5 Å². The molecule has 1 saturated carbocycles. The molecule has 4 nitrogen and oxygen atoms in total. The third kappa shape index (κ3) is 2.49. The average molecular weight is 338 g/mol. The number of thioether (sulfide) groups is 1. The zero-order chi connectivity index (χ0) is 16.8. The van der Waals surface area contributed by atoms with E-state index in [1.165, 1.54) is 29.1 Å². The Labute approximate surface area is 145 Å². The summed E-state index contributed by atoms with van der Waals surface area (Å²) in [4.78, 5) is 26.7. The minimum absolute atomic E-state index is 0.242. The lowest BCUT2D eigenvalue weighted by Crippen LogP contribution is -2.27. The second kappa shape index (κ2) is 5.67. The molecule has 0 N–H and O–H groups in total. The Balaban J connectivity index is 1.68. The molecule has 1 aliphatic carbocycles. The molecular formula is C19H18N2O2S. The molecule has 5 heteroatoms. The van der Waals surface area contributed by atoms with Crippen LogP contribution in [0.3, 0.4) is 0 Å². The predicted octanol–water partition coefficient (Wildman–Crippen LogP) is 4.68. The van der Waals surface area contributed by atoms with E-state index in [1.807, 2.05) is 24.3 Å². The summed E-state index contributed by atoms with van der Waals surface area (Å²) in [6.45, 7) is 4.18. The molecule has 24 heavy (non-hydrogen) atoms. The number of carbonyl (C=O) groups excluding carboxylic acids is 2. The first kappa shape index (κ1) is 15.3. The van der Waals surface area contributed by atoms with Crippen molar-refractivity contribution in [3.8, 4) is 0 Å². The van der Waals surface area contributed by atoms with Crippen LogP contribution in [0.4, 0.5) is 10.5 Å². The molecule has 4 rings (SSSR count). The van der Waals surface area contributed by atoms with Gasteiger partial charge in [-0.2, -0.15) is 0 Å². The summed E-state index contributed by atoms with van der Waals surface area (Å²) in [5, 5.41) is -0.242. The lowest BCUT2D eigenvalue weighted by molar-refractivity contribution is -0.113. The number of amides is 2. The Bertz CT molecular complexity index is 863. The van der Waals surface area contributed by atoms with Gasteiger partial charge < -0.3 is 4.57 Å². The Morgan fingerprint density at radius 2 is 1.83 bits per heavy atom. The van der Waals surface area contributed by atoms with Crippen molar-refractivity contribution in [2.45, 2.75) is 32.7 Å². The summed E-state index contributed by atoms with van der Waals surface area (Å²) < 4.78 is 2.34. The first-order chi connectivity index (χ1) is 11.6. The van der Waals surface area contributed by atoms with E-state index in [0.29, 0.717) is 16.6 Å². The highest BCUT2D eigenvalue weighted by atomic mass is 32.2. The largest absolute Gasteiger partial charge is 0.346 e. The number of rotatable bonds is 3. The summed E-state index contributed by atoms with van der Waals surface area (Å²) in [7, 11) is 0. The van der Waals surface area contributed by atoms with Crippen LogP contribution in [0.15, 0.2) is 41.3 Å². The highest BCUT2D eigenvalue weighted by Gasteiger charge is 2.36. The molecule has 2 aromatic rings. The van der Waals surface area contributed by atoms with Crippen LogP contribution in [-0.4, -0.2) is 15.7 Å². The summed E-state index contributed by atoms with van der Waals surface area (Å²) in [5.41, 5.74) is 4.02. The van der Waals surface area contributed by atoms with Crippen LogP contribution in [0.25, 0.3) is 6.08 Å². The molecule has 2 heterocycles. The number of aromatic nitrogens is 1. The molecule has 122 valence electrons. The third-order valence-corrected chi connectivity index (χ3v) is 5.40. The lowest BCUT2D eigenvalue weighted by atomic mass is 10.2. The number of anilines is 1. The smallest absolute Gasteiger partial charge is 0.298 e. The number of nitrogens with zero attached hydrogens (tertiary/aromatic N) is 2. The van der Waals surface area contributed by atoms with Crippen molar-refractivity contribution in [3.05, 3.63) is 58.3 Å². The van der Waals surface area contributed by atoms with E-state index in [1.54, 1.807) is 12.1 Å². The maximum atomic E-state index is 12.7. The van der Waals surface area contributed by atoms with Crippen LogP contribution < -0.4 is 4.90 Å². The fraction of sp³-hybridized carbons (Fsp3) is 0.263. The monoisotopic (exact) mass is 338 g/mol. The van der Waals surface area contributed by atoms with Crippen LogP contribution >= 0.6 is 11.8 Å². The maximum absolute atomic E-state index is 12.7. The van der Waals surface area contributed by atoms with Crippen LogP contribution in [-0.2, 0) is 4.79 Å². The van der Waals surface area contributed by atoms with Gasteiger partial charge in [0.1, 0.15) is 0 Å². The molecule has 1 aromatic heterocycles. The number of para-hydroxylation sites is 1. The molecule has 0 atom stereocenters. The van der Waals surface area contributed by atoms with Gasteiger partial charge >= 0.3 is 0 Å². The summed E-state index contributed by atoms with van der Waals surface area (Å²) >= 11 is 1.01. The van der Waals surface area contributed by atoms with Gasteiger partial charge in [-0.15, -0.1) is 0 Å². The Morgan fingerprint density at radius 1 is 1.12 bits per heavy atom. The van der Waals surface area contributed by atoms with E-state index < -0.39 is 0 Å². The molecule has 1 aromatic carbocycles. The lowest BCUT2D eigenvalue weighted by Gasteiger charge is -2.11. The van der Waals surface area contributed by atoms with Gasteiger partial charge in [0.25, 0.3) is 11.1 Å². The Kier molecular flexibility index (Phi) is 3.61. The van der Waals surface area contributed by atoms with Gasteiger partial charge in [0.05, 0.1) is 10.6 Å². The minimum atomic E-state index is -0.243. The van der Waals surface area contributed by atoms with Crippen molar-refractivity contribution >= 4 is 34.7 Å². The van der Waals surface area contributed by atoms with Gasteiger partial charge in [-0.1, -0.05) is 18.2 Å². The van der Waals surface area contributed by atoms with Gasteiger partial charge in [-0.05, 0) is 68.3 Å². The number of benzene rings is 1. The summed E-state index contributed by atoms with van der Waals surface area (Å²) in [5.74, 6) is -0.243. The normalized spacial score (nSPS) is 19.6. The first-order valence-corrected chi connectivity index (χ1v) is 8.89. The van der Waals surface area contributed by atoms with Gasteiger partial charge in [-0.25, -0.2) is 4.90 Å². The maximum Gasteiger partial charge on any atom is 0.298 e. The Hall–Kier alpha value is -2.27. The van der Waals surface area contributed by atoms with E-state index in [4.69, 9.17) is 0 Å². The van der Waals surface area contributed by atoms with E-state index >= 15 is 0 Å². The van der Waals surface area contributed by atoms with E-state index in [9.17, 15) is 9.59 Å². The van der Waals surface area contributed by atoms with Crippen molar-refractivity contribution < 1.29 is 9.59 Å². The molecule has 2 aliphatic rings. The van der Waals surface area contributed by atoms with Crippen LogP contribution in [0, 0.1) is 13.8 Å². The van der Waals surface area contributed by atoms with Gasteiger partial charge in [0, 0.05) is 17.4 Å². The molecule has 1 saturated heterocycles. The molecule has 0 spiro atoms. The second-order valence-electron chi connectivity index (χ2n) is 6.28. The molecule has 2 fully saturated rings. The van der Waals surface area contributed by atoms with Gasteiger partial charge in [0.2, 0.25) is 0 Å². The number of hydrogen-bond acceptors (Lipinski definition) is 3. The van der Waals surface area contributed by atoms with Crippen molar-refractivity contribution in [2.24, 2.45) is 0 Å². The molecule has 1 aliphatic heterocycles. The van der Waals surface area contributed by atoms with E-state index in [0.717, 1.165) is 17.3 Å². The van der Waals surface area contributed by atoms with Crippen LogP contribution in [0.2, 0.25) is 0 Å². The zero-order valence-electron chi connectivity index (χ0n) is 13.7. The highest BCUT2D eigenvalue weighted by Crippen LogP contribution is 2.40. The average Bonchev–Trinajstić information content (AvgIpc) is 3.29. The molecule has 0 bridgehead atoms. The number of carbonyl (C=O) groups is 2. The fourth-order valence-electron chi connectivity index (χ4n) is 3.25. The number of imide groups is 1. The second-order valence-corrected chi connectivity index (χ2v) is 7.27. The Morgan fingerprint density at radius 3 is 2.50 bits per heavy atom. The first-order valence-electron chi connectivity index (χ1n) is 8.07. The molecule has 0 radical (unpaired) electrons. The van der Waals surface area contributed by atoms with Crippen LogP contribution in [0.1, 0.15) is 35.8 Å².